The topological polar surface area (TPSA) is 24.1 Å². The van der Waals surface area contributed by atoms with Crippen molar-refractivity contribution in [2.24, 2.45) is 0 Å². The summed E-state index contributed by atoms with van der Waals surface area (Å²) in [5, 5.41) is 7.48. The third kappa shape index (κ3) is 11.3. The minimum atomic E-state index is 0. The van der Waals surface area contributed by atoms with E-state index in [0.717, 1.165) is 13.1 Å². The molecule has 2 nitrogen and oxygen atoms in total. The zero-order chi connectivity index (χ0) is 20.7. The predicted octanol–water partition coefficient (Wildman–Crippen LogP) is 6.12. The van der Waals surface area contributed by atoms with E-state index in [2.05, 4.69) is 59.2 Å². The maximum Gasteiger partial charge on any atom is 0.0212 e. The molecule has 0 heterocycles. The van der Waals surface area contributed by atoms with Crippen LogP contribution in [-0.4, -0.2) is 12.1 Å². The molecule has 0 amide bonds. The molecule has 0 spiro atoms. The monoisotopic (exact) mass is 510 g/mol. The Morgan fingerprint density at radius 2 is 1.12 bits per heavy atom. The molecule has 4 aromatic carbocycles. The van der Waals surface area contributed by atoms with Crippen molar-refractivity contribution in [3.05, 3.63) is 120 Å². The first-order valence-corrected chi connectivity index (χ1v) is 11.1. The van der Waals surface area contributed by atoms with Gasteiger partial charge in [-0.1, -0.05) is 12.8 Å². The van der Waals surface area contributed by atoms with Gasteiger partial charge in [-0.15, -0.1) is 5.56 Å². The van der Waals surface area contributed by atoms with Crippen LogP contribution < -0.4 is 10.6 Å². The summed E-state index contributed by atoms with van der Waals surface area (Å²) in [7, 11) is 0. The Kier molecular flexibility index (Phi) is 15.8. The van der Waals surface area contributed by atoms with Crippen LogP contribution in [0.3, 0.4) is 0 Å². The van der Waals surface area contributed by atoms with E-state index in [1.807, 2.05) is 60.7 Å². The van der Waals surface area contributed by atoms with Gasteiger partial charge in [-0.05, 0) is 19.4 Å². The van der Waals surface area contributed by atoms with Crippen molar-refractivity contribution in [2.45, 2.75) is 50.9 Å². The van der Waals surface area contributed by atoms with Gasteiger partial charge in [0.05, 0.1) is 0 Å². The molecule has 1 saturated carbocycles. The van der Waals surface area contributed by atoms with E-state index >= 15 is 0 Å². The molecule has 180 valence electrons. The van der Waals surface area contributed by atoms with E-state index in [1.54, 1.807) is 0 Å². The maximum absolute atomic E-state index is 3.74. The largest absolute Gasteiger partial charge is 0.748 e. The van der Waals surface area contributed by atoms with Crippen molar-refractivity contribution in [2.75, 3.05) is 0 Å². The summed E-state index contributed by atoms with van der Waals surface area (Å²) in [6.07, 6.45) is 5.29. The van der Waals surface area contributed by atoms with E-state index in [9.17, 15) is 0 Å². The zero-order valence-electron chi connectivity index (χ0n) is 18.5. The summed E-state index contributed by atoms with van der Waals surface area (Å²) in [4.78, 5) is 0. The number of hydrogen-bond donors (Lipinski definition) is 2. The molecular weight excluding hydrogens is 476 g/mol. The Labute approximate surface area is 215 Å². The van der Waals surface area contributed by atoms with Gasteiger partial charge in [-0.2, -0.15) is 55.1 Å². The third-order valence-electron chi connectivity index (χ3n) is 5.48. The second kappa shape index (κ2) is 17.9. The summed E-state index contributed by atoms with van der Waals surface area (Å²) >= 11 is 0. The van der Waals surface area contributed by atoms with Gasteiger partial charge in [-0.25, -0.2) is 36.4 Å². The molecule has 0 bridgehead atoms. The summed E-state index contributed by atoms with van der Waals surface area (Å²) in [5.74, 6) is 0. The van der Waals surface area contributed by atoms with Crippen molar-refractivity contribution < 1.29 is 34.1 Å². The molecule has 1 aliphatic carbocycles. The van der Waals surface area contributed by atoms with E-state index in [-0.39, 0.29) is 34.1 Å². The fraction of sp³-hybridized carbons (Fsp3) is 0.286. The summed E-state index contributed by atoms with van der Waals surface area (Å²) in [5.41, 5.74) is 2.79. The fourth-order valence-electron chi connectivity index (χ4n) is 3.82. The summed E-state index contributed by atoms with van der Waals surface area (Å²) in [6.45, 7) is 1.98. The van der Waals surface area contributed by atoms with Crippen molar-refractivity contribution in [1.29, 1.82) is 0 Å². The second-order valence-corrected chi connectivity index (χ2v) is 7.77. The van der Waals surface area contributed by atoms with Gasteiger partial charge in [-0.3, -0.25) is 0 Å². The number of rotatable bonds is 6. The summed E-state index contributed by atoms with van der Waals surface area (Å²) in [6, 6.07) is 38.5. The van der Waals surface area contributed by atoms with Crippen LogP contribution in [0, 0.1) is 0 Å². The first-order valence-electron chi connectivity index (χ1n) is 11.1. The van der Waals surface area contributed by atoms with Gasteiger partial charge < -0.3 is 40.5 Å². The number of hydrogen-bond acceptors (Lipinski definition) is 2. The van der Waals surface area contributed by atoms with E-state index < -0.39 is 0 Å². The predicted molar refractivity (Wildman–Crippen MR) is 128 cm³/mol. The van der Waals surface area contributed by atoms with Gasteiger partial charge in [0.2, 0.25) is 0 Å². The molecule has 5 rings (SSSR count). The van der Waals surface area contributed by atoms with Crippen LogP contribution in [0.5, 0.6) is 0 Å². The molecule has 1 aliphatic rings. The quantitative estimate of drug-likeness (QED) is 0.241. The summed E-state index contributed by atoms with van der Waals surface area (Å²) < 4.78 is 0. The third-order valence-corrected chi connectivity index (χ3v) is 5.48. The average Bonchev–Trinajstić information content (AvgIpc) is 3.63. The van der Waals surface area contributed by atoms with Crippen molar-refractivity contribution in [1.82, 2.24) is 10.6 Å². The van der Waals surface area contributed by atoms with Crippen LogP contribution in [0.25, 0.3) is 0 Å². The van der Waals surface area contributed by atoms with Gasteiger partial charge in [0, 0.05) is 46.2 Å². The normalized spacial score (nSPS) is 16.9. The van der Waals surface area contributed by atoms with Crippen LogP contribution >= 0.6 is 0 Å². The Balaban J connectivity index is 0.000000353. The van der Waals surface area contributed by atoms with Crippen molar-refractivity contribution >= 4 is 0 Å². The van der Waals surface area contributed by atoms with Crippen molar-refractivity contribution in [3.8, 4) is 0 Å². The molecule has 0 radical (unpaired) electrons. The maximum atomic E-state index is 3.74. The van der Waals surface area contributed by atoms with Crippen LogP contribution in [0.15, 0.2) is 109 Å². The fourth-order valence-corrected chi connectivity index (χ4v) is 3.82. The molecule has 32 heavy (non-hydrogen) atoms. The molecule has 1 fully saturated rings. The first-order chi connectivity index (χ1) is 14.9. The van der Waals surface area contributed by atoms with Crippen molar-refractivity contribution in [3.63, 3.8) is 0 Å². The molecule has 0 saturated heterocycles. The minimum absolute atomic E-state index is 0. The molecule has 0 aromatic heterocycles. The Hall–Kier alpha value is -1.64. The van der Waals surface area contributed by atoms with Crippen LogP contribution in [0.1, 0.15) is 36.8 Å². The number of nitrogens with one attached hydrogen (secondary N) is 2. The SMILES string of the molecule is [Fe].[Fe].c1cc[c-](CNC2CCCCC2NC[c-]2[cH-][cH-][cH-][cH-]2)c1.c1cc[cH-]c1.c1cc[cH-]c1. The van der Waals surface area contributed by atoms with E-state index in [0.29, 0.717) is 12.1 Å². The molecule has 4 heteroatoms. The Morgan fingerprint density at radius 3 is 1.56 bits per heavy atom. The van der Waals surface area contributed by atoms with Gasteiger partial charge in [0.15, 0.2) is 0 Å². The first kappa shape index (κ1) is 28.4. The van der Waals surface area contributed by atoms with E-state index in [4.69, 9.17) is 0 Å². The molecule has 2 atom stereocenters. The Morgan fingerprint density at radius 1 is 0.656 bits per heavy atom. The van der Waals surface area contributed by atoms with Gasteiger partial charge in [0.25, 0.3) is 0 Å². The van der Waals surface area contributed by atoms with E-state index in [1.165, 1.54) is 36.8 Å². The molecular formula is C28H34Fe2N2-8. The van der Waals surface area contributed by atoms with Crippen LogP contribution in [0.2, 0.25) is 0 Å². The molecule has 2 N–H and O–H groups in total. The average molecular weight is 510 g/mol. The minimum Gasteiger partial charge on any atom is -0.748 e. The zero-order valence-corrected chi connectivity index (χ0v) is 20.7. The van der Waals surface area contributed by atoms with Gasteiger partial charge in [0.1, 0.15) is 0 Å². The van der Waals surface area contributed by atoms with Crippen LogP contribution in [0.4, 0.5) is 0 Å². The smallest absolute Gasteiger partial charge is 0.0212 e. The Bertz CT molecular complexity index is 711. The van der Waals surface area contributed by atoms with Crippen LogP contribution in [-0.2, 0) is 47.2 Å². The molecule has 4 aromatic rings. The standard InChI is InChI=1S/C18H24N2.2C5H5.2Fe/c1-2-8-15(7-1)13-19-17-11-5-6-12-18(17)20-14-16-9-3-4-10-16;2*1-2-4-5-3-1;;/h1-4,7-10,17-20H,5-6,11-14H2;2*1-5H;;/q-6;2*-1;;. The molecule has 2 unspecified atom stereocenters. The molecule has 0 aliphatic heterocycles. The second-order valence-electron chi connectivity index (χ2n) is 7.77. The van der Waals surface area contributed by atoms with Gasteiger partial charge >= 0.3 is 0 Å².